The normalized spacial score (nSPS) is 21.8. The van der Waals surface area contributed by atoms with Crippen LogP contribution in [0, 0.1) is 11.8 Å². The van der Waals surface area contributed by atoms with Gasteiger partial charge in [-0.2, -0.15) is 0 Å². The van der Waals surface area contributed by atoms with Gasteiger partial charge in [-0.25, -0.2) is 4.79 Å². The first kappa shape index (κ1) is 46.1. The second-order valence-electron chi connectivity index (χ2n) is 16.2. The van der Waals surface area contributed by atoms with Crippen molar-refractivity contribution in [1.82, 2.24) is 30.7 Å². The summed E-state index contributed by atoms with van der Waals surface area (Å²) >= 11 is 0. The minimum Gasteiger partial charge on any atom is -0.480 e. The third-order valence-electron chi connectivity index (χ3n) is 10.7. The zero-order valence-corrected chi connectivity index (χ0v) is 33.5. The first-order chi connectivity index (χ1) is 26.5. The van der Waals surface area contributed by atoms with Crippen molar-refractivity contribution in [2.75, 3.05) is 26.2 Å². The monoisotopic (exact) mass is 791 g/mol. The van der Waals surface area contributed by atoms with Crippen molar-refractivity contribution in [3.63, 3.8) is 0 Å². The molecule has 316 valence electrons. The van der Waals surface area contributed by atoms with Crippen LogP contribution in [-0.2, 0) is 38.4 Å². The van der Waals surface area contributed by atoms with Gasteiger partial charge in [-0.05, 0) is 95.4 Å². The third-order valence-corrected chi connectivity index (χ3v) is 10.7. The molecule has 0 aromatic rings. The number of carboxylic acid groups (broad SMARTS) is 1. The summed E-state index contributed by atoms with van der Waals surface area (Å²) in [6.07, 6.45) is 3.96. The van der Waals surface area contributed by atoms with Crippen molar-refractivity contribution in [1.29, 1.82) is 0 Å². The molecule has 18 heteroatoms. The van der Waals surface area contributed by atoms with Gasteiger partial charge in [0.2, 0.25) is 41.4 Å². The molecular weight excluding hydrogens is 726 g/mol. The first-order valence-corrected chi connectivity index (χ1v) is 20.3. The standard InChI is InChI=1S/C38H65N9O9/c1-22(2)20-24(40)32(49)44-27(21-23(3)4)36(53)45-17-7-11-28(45)34(51)42-25(10-5-6-16-39)33(50)43-26(14-15-31(41)48)35(52)46-18-8-12-29(46)37(54)47-19-9-13-30(47)38(55)56/h22-30H,5-21,39-40H2,1-4H3,(H2,41,48)(H,42,51)(H,43,50)(H,44,49)(H,55,56)/t24-,25-,26-,27-,28-,29-,30-/m0/s1. The lowest BCUT2D eigenvalue weighted by Crippen LogP contribution is -2.59. The summed E-state index contributed by atoms with van der Waals surface area (Å²) in [4.78, 5) is 110. The molecule has 0 unspecified atom stereocenters. The van der Waals surface area contributed by atoms with Crippen molar-refractivity contribution in [3.05, 3.63) is 0 Å². The fraction of sp³-hybridized carbons (Fsp3) is 0.789. The topological polar surface area (TPSA) is 281 Å². The Hall–Kier alpha value is -4.32. The van der Waals surface area contributed by atoms with Gasteiger partial charge in [-0.3, -0.25) is 33.6 Å². The largest absolute Gasteiger partial charge is 0.480 e. The van der Waals surface area contributed by atoms with Gasteiger partial charge in [0.25, 0.3) is 0 Å². The van der Waals surface area contributed by atoms with Crippen LogP contribution in [0.3, 0.4) is 0 Å². The number of unbranched alkanes of at least 4 members (excludes halogenated alkanes) is 1. The highest BCUT2D eigenvalue weighted by atomic mass is 16.4. The van der Waals surface area contributed by atoms with E-state index in [4.69, 9.17) is 17.2 Å². The van der Waals surface area contributed by atoms with Gasteiger partial charge in [0.15, 0.2) is 0 Å². The second kappa shape index (κ2) is 21.8. The predicted molar refractivity (Wildman–Crippen MR) is 206 cm³/mol. The van der Waals surface area contributed by atoms with Gasteiger partial charge in [-0.1, -0.05) is 27.7 Å². The number of hydrogen-bond acceptors (Lipinski definition) is 10. The minimum atomic E-state index is -1.28. The van der Waals surface area contributed by atoms with Gasteiger partial charge in [0.1, 0.15) is 36.3 Å². The molecule has 0 spiro atoms. The summed E-state index contributed by atoms with van der Waals surface area (Å²) in [5, 5.41) is 18.0. The van der Waals surface area contributed by atoms with Crippen molar-refractivity contribution in [2.45, 2.75) is 153 Å². The Labute approximate surface area is 329 Å². The molecule has 18 nitrogen and oxygen atoms in total. The highest BCUT2D eigenvalue weighted by molar-refractivity contribution is 5.97. The maximum absolute atomic E-state index is 14.1. The van der Waals surface area contributed by atoms with Crippen LogP contribution in [0.2, 0.25) is 0 Å². The van der Waals surface area contributed by atoms with Crippen LogP contribution < -0.4 is 33.2 Å². The van der Waals surface area contributed by atoms with E-state index in [1.807, 2.05) is 27.7 Å². The van der Waals surface area contributed by atoms with Crippen LogP contribution in [-0.4, -0.2) is 136 Å². The van der Waals surface area contributed by atoms with Crippen LogP contribution in [0.5, 0.6) is 0 Å². The molecule has 0 aliphatic carbocycles. The number of hydrogen-bond donors (Lipinski definition) is 7. The van der Waals surface area contributed by atoms with Gasteiger partial charge in [0.05, 0.1) is 6.04 Å². The van der Waals surface area contributed by atoms with E-state index < -0.39 is 89.6 Å². The number of nitrogens with one attached hydrogen (secondary N) is 3. The Kier molecular flexibility index (Phi) is 18.0. The van der Waals surface area contributed by atoms with E-state index in [-0.39, 0.29) is 50.7 Å². The average molecular weight is 792 g/mol. The summed E-state index contributed by atoms with van der Waals surface area (Å²) in [6.45, 7) is 8.78. The summed E-state index contributed by atoms with van der Waals surface area (Å²) in [5.41, 5.74) is 17.3. The molecule has 0 aromatic carbocycles. The number of rotatable bonds is 21. The molecule has 7 amide bonds. The van der Waals surface area contributed by atoms with E-state index in [1.54, 1.807) is 0 Å². The molecule has 0 saturated carbocycles. The second-order valence-corrected chi connectivity index (χ2v) is 16.2. The van der Waals surface area contributed by atoms with Crippen molar-refractivity contribution >= 4 is 47.3 Å². The van der Waals surface area contributed by atoms with Crippen LogP contribution in [0.1, 0.15) is 111 Å². The highest BCUT2D eigenvalue weighted by Gasteiger charge is 2.44. The maximum Gasteiger partial charge on any atom is 0.326 e. The summed E-state index contributed by atoms with van der Waals surface area (Å²) < 4.78 is 0. The van der Waals surface area contributed by atoms with Gasteiger partial charge in [-0.15, -0.1) is 0 Å². The van der Waals surface area contributed by atoms with E-state index in [0.29, 0.717) is 70.8 Å². The highest BCUT2D eigenvalue weighted by Crippen LogP contribution is 2.26. The molecule has 3 aliphatic rings. The Balaban J connectivity index is 1.80. The number of carboxylic acids is 1. The Morgan fingerprint density at radius 2 is 1.20 bits per heavy atom. The smallest absolute Gasteiger partial charge is 0.326 e. The number of nitrogens with zero attached hydrogens (tertiary/aromatic N) is 3. The fourth-order valence-corrected chi connectivity index (χ4v) is 7.90. The van der Waals surface area contributed by atoms with Crippen LogP contribution in [0.4, 0.5) is 0 Å². The molecule has 3 aliphatic heterocycles. The van der Waals surface area contributed by atoms with Gasteiger partial charge < -0.3 is 53.0 Å². The molecule has 3 rings (SSSR count). The fourth-order valence-electron chi connectivity index (χ4n) is 7.90. The van der Waals surface area contributed by atoms with Crippen molar-refractivity contribution in [2.24, 2.45) is 29.0 Å². The van der Waals surface area contributed by atoms with Crippen LogP contribution in [0.15, 0.2) is 0 Å². The van der Waals surface area contributed by atoms with Crippen LogP contribution in [0.25, 0.3) is 0 Å². The Bertz CT molecular complexity index is 1430. The quantitative estimate of drug-likeness (QED) is 0.0715. The molecule has 56 heavy (non-hydrogen) atoms. The number of aliphatic carboxylic acids is 1. The van der Waals surface area contributed by atoms with E-state index in [2.05, 4.69) is 16.0 Å². The molecule has 3 heterocycles. The molecule has 0 radical (unpaired) electrons. The molecule has 0 bridgehead atoms. The lowest BCUT2D eigenvalue weighted by molar-refractivity contribution is -0.152. The zero-order valence-electron chi connectivity index (χ0n) is 33.5. The molecule has 3 fully saturated rings. The molecule has 7 atom stereocenters. The van der Waals surface area contributed by atoms with E-state index in [9.17, 15) is 43.5 Å². The average Bonchev–Trinajstić information content (AvgIpc) is 3.92. The number of carbonyl (C=O) groups is 8. The summed E-state index contributed by atoms with van der Waals surface area (Å²) in [7, 11) is 0. The number of amides is 7. The zero-order chi connectivity index (χ0) is 41.7. The lowest BCUT2D eigenvalue weighted by atomic mass is 10.00. The van der Waals surface area contributed by atoms with E-state index in [0.717, 1.165) is 0 Å². The third kappa shape index (κ3) is 12.9. The Morgan fingerprint density at radius 3 is 1.77 bits per heavy atom. The van der Waals surface area contributed by atoms with E-state index in [1.165, 1.54) is 14.7 Å². The first-order valence-electron chi connectivity index (χ1n) is 20.3. The molecule has 3 saturated heterocycles. The Morgan fingerprint density at radius 1 is 0.661 bits per heavy atom. The molecule has 0 aromatic heterocycles. The lowest BCUT2D eigenvalue weighted by Gasteiger charge is -2.33. The minimum absolute atomic E-state index is 0.0390. The van der Waals surface area contributed by atoms with Crippen molar-refractivity contribution in [3.8, 4) is 0 Å². The van der Waals surface area contributed by atoms with E-state index >= 15 is 0 Å². The SMILES string of the molecule is CC(C)C[C@H](NC(=O)[C@@H](N)CC(C)C)C(=O)N1CCC[C@H]1C(=O)N[C@@H](CCCCN)C(=O)N[C@@H](CCC(N)=O)C(=O)N1CCC[C@H]1C(=O)N1CCC[C@H]1C(=O)O. The number of carbonyl (C=O) groups excluding carboxylic acids is 7. The van der Waals surface area contributed by atoms with Crippen LogP contribution >= 0.6 is 0 Å². The van der Waals surface area contributed by atoms with Crippen molar-refractivity contribution < 1.29 is 43.5 Å². The van der Waals surface area contributed by atoms with Gasteiger partial charge in [0, 0.05) is 26.1 Å². The predicted octanol–water partition coefficient (Wildman–Crippen LogP) is -0.688. The summed E-state index contributed by atoms with van der Waals surface area (Å²) in [5.74, 6) is -4.84. The summed E-state index contributed by atoms with van der Waals surface area (Å²) in [6, 6.07) is -6.97. The molecular formula is C38H65N9O9. The van der Waals surface area contributed by atoms with Gasteiger partial charge >= 0.3 is 5.97 Å². The maximum atomic E-state index is 14.1. The molecule has 10 N–H and O–H groups in total. The number of nitrogens with two attached hydrogens (primary N) is 3. The number of primary amides is 1. The number of likely N-dealkylation sites (tertiary alicyclic amines) is 3.